The van der Waals surface area contributed by atoms with Gasteiger partial charge in [0.25, 0.3) is 0 Å². The highest BCUT2D eigenvalue weighted by Crippen LogP contribution is 2.26. The summed E-state index contributed by atoms with van der Waals surface area (Å²) in [7, 11) is 0. The van der Waals surface area contributed by atoms with Crippen LogP contribution in [0.25, 0.3) is 0 Å². The first-order valence-corrected chi connectivity index (χ1v) is 6.61. The molecule has 0 radical (unpaired) electrons. The molecule has 0 bridgehead atoms. The maximum Gasteiger partial charge on any atom is 0.223 e. The normalized spacial score (nSPS) is 23.4. The topological polar surface area (TPSA) is 49.6 Å². The van der Waals surface area contributed by atoms with Gasteiger partial charge < -0.3 is 15.5 Å². The third kappa shape index (κ3) is 1.97. The van der Waals surface area contributed by atoms with E-state index in [9.17, 15) is 4.79 Å². The van der Waals surface area contributed by atoms with Crippen molar-refractivity contribution in [3.05, 3.63) is 29.8 Å². The predicted octanol–water partition coefficient (Wildman–Crippen LogP) is 0.956. The largest absolute Gasteiger partial charge is 0.368 e. The van der Waals surface area contributed by atoms with Gasteiger partial charge in [-0.25, -0.2) is 0 Å². The van der Waals surface area contributed by atoms with Crippen LogP contribution in [0.3, 0.4) is 0 Å². The zero-order valence-corrected chi connectivity index (χ0v) is 10.5. The second kappa shape index (κ2) is 4.61. The minimum atomic E-state index is 0.329. The number of nitrogens with zero attached hydrogens (tertiary/aromatic N) is 2. The molecule has 2 heterocycles. The van der Waals surface area contributed by atoms with Gasteiger partial charge in [-0.05, 0) is 24.1 Å². The Morgan fingerprint density at radius 2 is 2.22 bits per heavy atom. The fourth-order valence-corrected chi connectivity index (χ4v) is 2.98. The Bertz CT molecular complexity index is 460. The summed E-state index contributed by atoms with van der Waals surface area (Å²) in [5, 5.41) is 0. The molecule has 0 saturated carbocycles. The Hall–Kier alpha value is -1.55. The van der Waals surface area contributed by atoms with E-state index in [-0.39, 0.29) is 0 Å². The van der Waals surface area contributed by atoms with Crippen molar-refractivity contribution in [1.29, 1.82) is 0 Å². The molecular weight excluding hydrogens is 226 g/mol. The lowest BCUT2D eigenvalue weighted by Crippen LogP contribution is -2.51. The van der Waals surface area contributed by atoms with Crippen molar-refractivity contribution < 1.29 is 4.79 Å². The molecule has 1 unspecified atom stereocenters. The molecular formula is C14H19N3O. The molecule has 96 valence electrons. The predicted molar refractivity (Wildman–Crippen MR) is 71.3 cm³/mol. The Kier molecular flexibility index (Phi) is 2.96. The lowest BCUT2D eigenvalue weighted by atomic mass is 10.1. The number of hydrogen-bond donors (Lipinski definition) is 1. The molecule has 2 fully saturated rings. The fourth-order valence-electron chi connectivity index (χ4n) is 2.98. The molecule has 3 rings (SSSR count). The van der Waals surface area contributed by atoms with Crippen molar-refractivity contribution in [2.45, 2.75) is 25.4 Å². The third-order valence-electron chi connectivity index (χ3n) is 4.01. The molecule has 2 aliphatic rings. The minimum Gasteiger partial charge on any atom is -0.368 e. The van der Waals surface area contributed by atoms with Crippen LogP contribution < -0.4 is 10.6 Å². The summed E-state index contributed by atoms with van der Waals surface area (Å²) in [6.45, 7) is 3.32. The number of carbonyl (C=O) groups excluding carboxylic acids is 1. The number of piperazine rings is 1. The highest BCUT2D eigenvalue weighted by Gasteiger charge is 2.35. The monoisotopic (exact) mass is 245 g/mol. The molecule has 4 heteroatoms. The molecule has 1 aromatic rings. The Morgan fingerprint density at radius 1 is 1.33 bits per heavy atom. The molecule has 4 nitrogen and oxygen atoms in total. The third-order valence-corrected chi connectivity index (χ3v) is 4.01. The number of amides is 1. The van der Waals surface area contributed by atoms with Gasteiger partial charge in [-0.15, -0.1) is 0 Å². The van der Waals surface area contributed by atoms with E-state index in [1.165, 1.54) is 5.69 Å². The second-order valence-electron chi connectivity index (χ2n) is 5.10. The van der Waals surface area contributed by atoms with Crippen LogP contribution in [0.2, 0.25) is 0 Å². The van der Waals surface area contributed by atoms with E-state index >= 15 is 0 Å². The minimum absolute atomic E-state index is 0.329. The van der Waals surface area contributed by atoms with Crippen LogP contribution in [-0.2, 0) is 11.3 Å². The summed E-state index contributed by atoms with van der Waals surface area (Å²) >= 11 is 0. The van der Waals surface area contributed by atoms with Crippen molar-refractivity contribution in [3.63, 3.8) is 0 Å². The summed E-state index contributed by atoms with van der Waals surface area (Å²) in [6.07, 6.45) is 1.73. The van der Waals surface area contributed by atoms with E-state index < -0.39 is 0 Å². The smallest absolute Gasteiger partial charge is 0.223 e. The van der Waals surface area contributed by atoms with Crippen LogP contribution in [0.15, 0.2) is 24.3 Å². The van der Waals surface area contributed by atoms with Gasteiger partial charge in [0, 0.05) is 44.3 Å². The van der Waals surface area contributed by atoms with E-state index in [1.54, 1.807) is 0 Å². The van der Waals surface area contributed by atoms with Gasteiger partial charge in [0.05, 0.1) is 0 Å². The summed E-state index contributed by atoms with van der Waals surface area (Å²) in [5.74, 6) is 0.329. The second-order valence-corrected chi connectivity index (χ2v) is 5.10. The molecule has 1 atom stereocenters. The highest BCUT2D eigenvalue weighted by molar-refractivity contribution is 5.79. The maximum atomic E-state index is 11.6. The summed E-state index contributed by atoms with van der Waals surface area (Å²) in [5.41, 5.74) is 8.08. The van der Waals surface area contributed by atoms with E-state index in [0.717, 1.165) is 38.0 Å². The maximum absolute atomic E-state index is 11.6. The molecule has 0 spiro atoms. The lowest BCUT2D eigenvalue weighted by molar-refractivity contribution is -0.129. The van der Waals surface area contributed by atoms with Gasteiger partial charge in [0.2, 0.25) is 5.91 Å². The molecule has 0 aliphatic carbocycles. The molecule has 2 N–H and O–H groups in total. The first kappa shape index (κ1) is 11.5. The van der Waals surface area contributed by atoms with Gasteiger partial charge in [0.15, 0.2) is 0 Å². The number of carbonyl (C=O) groups is 1. The zero-order chi connectivity index (χ0) is 12.5. The van der Waals surface area contributed by atoms with Crippen LogP contribution in [0.5, 0.6) is 0 Å². The molecule has 2 aliphatic heterocycles. The number of benzene rings is 1. The van der Waals surface area contributed by atoms with Crippen LogP contribution in [0.1, 0.15) is 18.4 Å². The average molecular weight is 245 g/mol. The van der Waals surface area contributed by atoms with Crippen LogP contribution in [0.4, 0.5) is 5.69 Å². The van der Waals surface area contributed by atoms with Crippen LogP contribution >= 0.6 is 0 Å². The number of anilines is 1. The van der Waals surface area contributed by atoms with Gasteiger partial charge in [-0.2, -0.15) is 0 Å². The van der Waals surface area contributed by atoms with Crippen molar-refractivity contribution in [3.8, 4) is 0 Å². The van der Waals surface area contributed by atoms with Gasteiger partial charge >= 0.3 is 0 Å². The van der Waals surface area contributed by atoms with E-state index in [4.69, 9.17) is 5.73 Å². The van der Waals surface area contributed by atoms with Gasteiger partial charge in [-0.3, -0.25) is 4.79 Å². The molecule has 1 amide bonds. The lowest BCUT2D eigenvalue weighted by Gasteiger charge is -2.39. The summed E-state index contributed by atoms with van der Waals surface area (Å²) < 4.78 is 0. The standard InChI is InChI=1S/C14H19N3O/c15-9-11-2-1-3-12(8-11)16-6-7-17-13(10-16)4-5-14(17)18/h1-3,8,13H,4-7,9-10,15H2. The highest BCUT2D eigenvalue weighted by atomic mass is 16.2. The number of nitrogens with two attached hydrogens (primary N) is 1. The van der Waals surface area contributed by atoms with Gasteiger partial charge in [-0.1, -0.05) is 12.1 Å². The van der Waals surface area contributed by atoms with E-state index in [1.807, 2.05) is 4.90 Å². The fraction of sp³-hybridized carbons (Fsp3) is 0.500. The van der Waals surface area contributed by atoms with Crippen LogP contribution in [-0.4, -0.2) is 36.5 Å². The first-order valence-electron chi connectivity index (χ1n) is 6.61. The van der Waals surface area contributed by atoms with Crippen molar-refractivity contribution >= 4 is 11.6 Å². The average Bonchev–Trinajstić information content (AvgIpc) is 2.80. The number of hydrogen-bond acceptors (Lipinski definition) is 3. The molecule has 1 aromatic carbocycles. The van der Waals surface area contributed by atoms with Crippen molar-refractivity contribution in [2.75, 3.05) is 24.5 Å². The van der Waals surface area contributed by atoms with Gasteiger partial charge in [0.1, 0.15) is 0 Å². The number of fused-ring (bicyclic) bond motifs is 1. The number of rotatable bonds is 2. The van der Waals surface area contributed by atoms with E-state index in [0.29, 0.717) is 18.5 Å². The Morgan fingerprint density at radius 3 is 3.06 bits per heavy atom. The Balaban J connectivity index is 1.76. The summed E-state index contributed by atoms with van der Waals surface area (Å²) in [6, 6.07) is 8.81. The van der Waals surface area contributed by atoms with Crippen molar-refractivity contribution in [2.24, 2.45) is 5.73 Å². The van der Waals surface area contributed by atoms with Crippen molar-refractivity contribution in [1.82, 2.24) is 4.90 Å². The SMILES string of the molecule is NCc1cccc(N2CCN3C(=O)CCC3C2)c1. The quantitative estimate of drug-likeness (QED) is 0.844. The van der Waals surface area contributed by atoms with Crippen LogP contribution in [0, 0.1) is 0 Å². The first-order chi connectivity index (χ1) is 8.78. The molecule has 0 aromatic heterocycles. The van der Waals surface area contributed by atoms with E-state index in [2.05, 4.69) is 29.2 Å². The molecule has 2 saturated heterocycles. The zero-order valence-electron chi connectivity index (χ0n) is 10.5. The summed E-state index contributed by atoms with van der Waals surface area (Å²) in [4.78, 5) is 16.1. The Labute approximate surface area is 107 Å². The molecule has 18 heavy (non-hydrogen) atoms.